The van der Waals surface area contributed by atoms with Crippen LogP contribution in [-0.4, -0.2) is 74.8 Å². The van der Waals surface area contributed by atoms with E-state index in [1.54, 1.807) is 13.4 Å². The number of nitrogens with one attached hydrogen (secondary N) is 1. The second kappa shape index (κ2) is 8.41. The molecule has 9 heteroatoms. The van der Waals surface area contributed by atoms with Gasteiger partial charge in [0.25, 0.3) is 0 Å². The van der Waals surface area contributed by atoms with Gasteiger partial charge in [0.2, 0.25) is 0 Å². The number of para-hydroxylation sites is 1. The van der Waals surface area contributed by atoms with E-state index in [1.807, 2.05) is 10.6 Å². The van der Waals surface area contributed by atoms with Crippen LogP contribution in [0.1, 0.15) is 18.9 Å². The highest BCUT2D eigenvalue weighted by atomic mass is 16.5. The maximum Gasteiger partial charge on any atom is 0.165 e. The normalized spacial score (nSPS) is 28.5. The van der Waals surface area contributed by atoms with Crippen molar-refractivity contribution in [2.45, 2.75) is 37.1 Å². The van der Waals surface area contributed by atoms with Crippen LogP contribution in [0.4, 0.5) is 11.5 Å². The lowest BCUT2D eigenvalue weighted by Crippen LogP contribution is -2.30. The van der Waals surface area contributed by atoms with Gasteiger partial charge in [-0.25, -0.2) is 15.0 Å². The van der Waals surface area contributed by atoms with Crippen molar-refractivity contribution in [1.82, 2.24) is 19.5 Å². The van der Waals surface area contributed by atoms with Crippen molar-refractivity contribution < 1.29 is 14.9 Å². The predicted octanol–water partition coefficient (Wildman–Crippen LogP) is 1.45. The molecular weight excluding hydrogens is 396 g/mol. The van der Waals surface area contributed by atoms with Gasteiger partial charge in [0.1, 0.15) is 17.9 Å². The number of anilines is 2. The zero-order chi connectivity index (χ0) is 21.4. The summed E-state index contributed by atoms with van der Waals surface area (Å²) in [5.41, 5.74) is 2.56. The lowest BCUT2D eigenvalue weighted by Gasteiger charge is -2.19. The third-order valence-corrected chi connectivity index (χ3v) is 6.52. The van der Waals surface area contributed by atoms with Gasteiger partial charge in [0.05, 0.1) is 25.1 Å². The number of hydrogen-bond acceptors (Lipinski definition) is 8. The highest BCUT2D eigenvalue weighted by molar-refractivity contribution is 5.83. The second-order valence-electron chi connectivity index (χ2n) is 8.46. The summed E-state index contributed by atoms with van der Waals surface area (Å²) >= 11 is 0. The van der Waals surface area contributed by atoms with Gasteiger partial charge in [-0.05, 0) is 25.0 Å². The summed E-state index contributed by atoms with van der Waals surface area (Å²) in [7, 11) is 1.60. The van der Waals surface area contributed by atoms with E-state index >= 15 is 0 Å². The molecule has 5 rings (SSSR count). The second-order valence-corrected chi connectivity index (χ2v) is 8.46. The van der Waals surface area contributed by atoms with Crippen LogP contribution in [0, 0.1) is 5.92 Å². The average molecular weight is 425 g/mol. The molecule has 1 aromatic carbocycles. The summed E-state index contributed by atoms with van der Waals surface area (Å²) in [5, 5.41) is 24.5. The Morgan fingerprint density at radius 2 is 1.97 bits per heavy atom. The Morgan fingerprint density at radius 3 is 2.77 bits per heavy atom. The molecule has 1 aliphatic carbocycles. The summed E-state index contributed by atoms with van der Waals surface area (Å²) < 4.78 is 7.05. The smallest absolute Gasteiger partial charge is 0.165 e. The van der Waals surface area contributed by atoms with Gasteiger partial charge in [-0.2, -0.15) is 0 Å². The molecule has 1 saturated heterocycles. The van der Waals surface area contributed by atoms with Gasteiger partial charge in [-0.3, -0.25) is 0 Å². The molecule has 2 fully saturated rings. The molecule has 0 unspecified atom stereocenters. The molecule has 0 radical (unpaired) electrons. The van der Waals surface area contributed by atoms with Crippen LogP contribution in [0.5, 0.6) is 0 Å². The Labute approximate surface area is 180 Å². The van der Waals surface area contributed by atoms with Crippen LogP contribution in [-0.2, 0) is 4.74 Å². The van der Waals surface area contributed by atoms with Crippen LogP contribution < -0.4 is 10.2 Å². The fraction of sp³-hybridized carbons (Fsp3) is 0.500. The van der Waals surface area contributed by atoms with Gasteiger partial charge in [-0.15, -0.1) is 0 Å². The zero-order valence-corrected chi connectivity index (χ0v) is 17.5. The van der Waals surface area contributed by atoms with Crippen LogP contribution in [0.15, 0.2) is 43.0 Å². The third-order valence-electron chi connectivity index (χ3n) is 6.52. The molecular formula is C22H28N6O3. The number of aliphatic hydroxyl groups excluding tert-OH is 2. The first-order valence-electron chi connectivity index (χ1n) is 10.7. The first kappa shape index (κ1) is 20.2. The van der Waals surface area contributed by atoms with Gasteiger partial charge in [0.15, 0.2) is 11.5 Å². The summed E-state index contributed by atoms with van der Waals surface area (Å²) in [6, 6.07) is 10.4. The van der Waals surface area contributed by atoms with Crippen molar-refractivity contribution in [2.24, 2.45) is 5.92 Å². The monoisotopic (exact) mass is 424 g/mol. The number of aromatic nitrogens is 4. The number of benzene rings is 1. The van der Waals surface area contributed by atoms with E-state index in [1.165, 1.54) is 12.0 Å². The van der Waals surface area contributed by atoms with Crippen molar-refractivity contribution in [1.29, 1.82) is 0 Å². The lowest BCUT2D eigenvalue weighted by atomic mass is 10.1. The summed E-state index contributed by atoms with van der Waals surface area (Å²) in [6.45, 7) is 2.28. The van der Waals surface area contributed by atoms with Gasteiger partial charge < -0.3 is 29.7 Å². The SMILES string of the molecule is COC[C@H]1C[C@@H](n2cnc3c(N[C@H]4CCN(c5ccccc5)C4)ncnc32)[C@@H](O)[C@H]1O. The number of methoxy groups -OCH3 is 1. The summed E-state index contributed by atoms with van der Waals surface area (Å²) in [4.78, 5) is 15.8. The Morgan fingerprint density at radius 1 is 1.13 bits per heavy atom. The highest BCUT2D eigenvalue weighted by Gasteiger charge is 2.43. The molecule has 3 heterocycles. The standard InChI is InChI=1S/C22H28N6O3/c1-31-11-14-9-17(20(30)19(14)29)28-13-25-18-21(23-12-24-22(18)28)26-15-7-8-27(10-15)16-5-3-2-4-6-16/h2-6,12-15,17,19-20,29-30H,7-11H2,1H3,(H,23,24,26)/t14-,15+,17-,19+,20-/m1/s1. The molecule has 3 N–H and O–H groups in total. The van der Waals surface area contributed by atoms with E-state index in [-0.39, 0.29) is 18.0 Å². The first-order valence-corrected chi connectivity index (χ1v) is 10.7. The first-order chi connectivity index (χ1) is 15.2. The minimum atomic E-state index is -0.891. The van der Waals surface area contributed by atoms with Gasteiger partial charge >= 0.3 is 0 Å². The quantitative estimate of drug-likeness (QED) is 0.546. The Bertz CT molecular complexity index is 1030. The minimum Gasteiger partial charge on any atom is -0.390 e. The van der Waals surface area contributed by atoms with E-state index in [4.69, 9.17) is 4.74 Å². The molecule has 2 aromatic heterocycles. The van der Waals surface area contributed by atoms with E-state index in [9.17, 15) is 10.2 Å². The van der Waals surface area contributed by atoms with Crippen molar-refractivity contribution in [2.75, 3.05) is 37.0 Å². The van der Waals surface area contributed by atoms with Crippen molar-refractivity contribution in [3.8, 4) is 0 Å². The fourth-order valence-electron chi connectivity index (χ4n) is 4.90. The Balaban J connectivity index is 1.35. The molecule has 31 heavy (non-hydrogen) atoms. The van der Waals surface area contributed by atoms with Crippen LogP contribution in [0.2, 0.25) is 0 Å². The number of imidazole rings is 1. The van der Waals surface area contributed by atoms with Gasteiger partial charge in [0, 0.05) is 37.8 Å². The molecule has 0 spiro atoms. The van der Waals surface area contributed by atoms with E-state index in [0.717, 1.165) is 19.5 Å². The minimum absolute atomic E-state index is 0.121. The van der Waals surface area contributed by atoms with E-state index < -0.39 is 12.2 Å². The maximum atomic E-state index is 10.6. The number of fused-ring (bicyclic) bond motifs is 1. The topological polar surface area (TPSA) is 109 Å². The van der Waals surface area contributed by atoms with Crippen LogP contribution >= 0.6 is 0 Å². The number of rotatable bonds is 6. The highest BCUT2D eigenvalue weighted by Crippen LogP contribution is 2.37. The van der Waals surface area contributed by atoms with Crippen molar-refractivity contribution in [3.05, 3.63) is 43.0 Å². The fourth-order valence-corrected chi connectivity index (χ4v) is 4.90. The molecule has 164 valence electrons. The Hall–Kier alpha value is -2.75. The third kappa shape index (κ3) is 3.73. The lowest BCUT2D eigenvalue weighted by molar-refractivity contribution is -0.00886. The molecule has 3 aromatic rings. The molecule has 2 aliphatic rings. The molecule has 5 atom stereocenters. The van der Waals surface area contributed by atoms with Crippen LogP contribution in [0.25, 0.3) is 11.2 Å². The molecule has 0 amide bonds. The average Bonchev–Trinajstić information content (AvgIpc) is 3.50. The molecule has 9 nitrogen and oxygen atoms in total. The number of ether oxygens (including phenoxy) is 1. The predicted molar refractivity (Wildman–Crippen MR) is 117 cm³/mol. The zero-order valence-electron chi connectivity index (χ0n) is 17.5. The largest absolute Gasteiger partial charge is 0.390 e. The summed E-state index contributed by atoms with van der Waals surface area (Å²) in [5.74, 6) is 0.578. The van der Waals surface area contributed by atoms with E-state index in [2.05, 4.69) is 49.4 Å². The Kier molecular flexibility index (Phi) is 5.47. The summed E-state index contributed by atoms with van der Waals surface area (Å²) in [6.07, 6.45) is 3.10. The van der Waals surface area contributed by atoms with Crippen molar-refractivity contribution in [3.63, 3.8) is 0 Å². The maximum absolute atomic E-state index is 10.6. The van der Waals surface area contributed by atoms with Gasteiger partial charge in [-0.1, -0.05) is 18.2 Å². The van der Waals surface area contributed by atoms with Crippen molar-refractivity contribution >= 4 is 22.7 Å². The molecule has 1 aliphatic heterocycles. The molecule has 0 bridgehead atoms. The number of aliphatic hydroxyl groups is 2. The van der Waals surface area contributed by atoms with E-state index in [0.29, 0.717) is 30.0 Å². The van der Waals surface area contributed by atoms with Crippen LogP contribution in [0.3, 0.4) is 0 Å². The number of hydrogen-bond donors (Lipinski definition) is 3. The molecule has 1 saturated carbocycles. The number of nitrogens with zero attached hydrogens (tertiary/aromatic N) is 5.